The molecule has 1 aliphatic carbocycles. The molecule has 0 aromatic heterocycles. The lowest BCUT2D eigenvalue weighted by Gasteiger charge is -2.19. The van der Waals surface area contributed by atoms with Gasteiger partial charge in [-0.05, 0) is 43.6 Å². The smallest absolute Gasteiger partial charge is 0.220 e. The van der Waals surface area contributed by atoms with Crippen molar-refractivity contribution in [3.05, 3.63) is 0 Å². The molecule has 4 nitrogen and oxygen atoms in total. The van der Waals surface area contributed by atoms with E-state index < -0.39 is 0 Å². The van der Waals surface area contributed by atoms with Crippen molar-refractivity contribution in [2.75, 3.05) is 26.2 Å². The maximum atomic E-state index is 12.0. The van der Waals surface area contributed by atoms with Crippen LogP contribution in [0.2, 0.25) is 0 Å². The standard InChI is InChI=1S/C16H31N3O.2ClH/c1-12(2)10-19-7-6-13(11-19)9-18-16(20)8-14-4-3-5-15(14)17;;/h12-15H,3-11,17H2,1-2H3,(H,18,20);2*1H/t13?,14-,15+;;/m0../s1. The fourth-order valence-corrected chi connectivity index (χ4v) is 3.65. The molecule has 132 valence electrons. The van der Waals surface area contributed by atoms with Crippen LogP contribution in [0, 0.1) is 17.8 Å². The van der Waals surface area contributed by atoms with Gasteiger partial charge in [-0.15, -0.1) is 24.8 Å². The van der Waals surface area contributed by atoms with Gasteiger partial charge in [0.2, 0.25) is 5.91 Å². The van der Waals surface area contributed by atoms with E-state index >= 15 is 0 Å². The molecule has 1 saturated carbocycles. The lowest BCUT2D eigenvalue weighted by Crippen LogP contribution is -2.35. The van der Waals surface area contributed by atoms with Gasteiger partial charge in [0.15, 0.2) is 0 Å². The summed E-state index contributed by atoms with van der Waals surface area (Å²) in [6.07, 6.45) is 5.25. The molecule has 6 heteroatoms. The second-order valence-electron chi connectivity index (χ2n) is 7.17. The van der Waals surface area contributed by atoms with E-state index in [1.54, 1.807) is 0 Å². The summed E-state index contributed by atoms with van der Waals surface area (Å²) in [5, 5.41) is 3.12. The number of nitrogens with one attached hydrogen (secondary N) is 1. The topological polar surface area (TPSA) is 58.4 Å². The van der Waals surface area contributed by atoms with Gasteiger partial charge in [-0.2, -0.15) is 0 Å². The number of carbonyl (C=O) groups is 1. The van der Waals surface area contributed by atoms with Crippen LogP contribution in [-0.4, -0.2) is 43.0 Å². The van der Waals surface area contributed by atoms with Gasteiger partial charge >= 0.3 is 0 Å². The van der Waals surface area contributed by atoms with E-state index in [2.05, 4.69) is 24.1 Å². The summed E-state index contributed by atoms with van der Waals surface area (Å²) in [5.74, 6) is 1.98. The Bertz CT molecular complexity index is 329. The minimum Gasteiger partial charge on any atom is -0.356 e. The molecule has 0 radical (unpaired) electrons. The third kappa shape index (κ3) is 7.03. The summed E-state index contributed by atoms with van der Waals surface area (Å²) >= 11 is 0. The number of nitrogens with zero attached hydrogens (tertiary/aromatic N) is 1. The molecule has 2 rings (SSSR count). The van der Waals surface area contributed by atoms with Crippen LogP contribution >= 0.6 is 24.8 Å². The van der Waals surface area contributed by atoms with Gasteiger partial charge in [0.25, 0.3) is 0 Å². The van der Waals surface area contributed by atoms with E-state index in [0.717, 1.165) is 31.8 Å². The summed E-state index contributed by atoms with van der Waals surface area (Å²) in [7, 11) is 0. The van der Waals surface area contributed by atoms with Gasteiger partial charge in [-0.3, -0.25) is 4.79 Å². The van der Waals surface area contributed by atoms with Crippen molar-refractivity contribution in [1.82, 2.24) is 10.2 Å². The highest BCUT2D eigenvalue weighted by atomic mass is 35.5. The highest BCUT2D eigenvalue weighted by Gasteiger charge is 2.27. The molecule has 1 amide bonds. The van der Waals surface area contributed by atoms with Crippen molar-refractivity contribution < 1.29 is 4.79 Å². The first-order valence-corrected chi connectivity index (χ1v) is 8.29. The van der Waals surface area contributed by atoms with Crippen LogP contribution in [0.3, 0.4) is 0 Å². The molecule has 0 spiro atoms. The number of halogens is 2. The monoisotopic (exact) mass is 353 g/mol. The van der Waals surface area contributed by atoms with Gasteiger partial charge in [0.1, 0.15) is 0 Å². The molecule has 1 heterocycles. The largest absolute Gasteiger partial charge is 0.356 e. The number of hydrogen-bond acceptors (Lipinski definition) is 3. The van der Waals surface area contributed by atoms with Crippen LogP contribution in [-0.2, 0) is 4.79 Å². The van der Waals surface area contributed by atoms with Crippen LogP contribution in [0.25, 0.3) is 0 Å². The Balaban J connectivity index is 0.00000220. The van der Waals surface area contributed by atoms with Crippen molar-refractivity contribution in [3.8, 4) is 0 Å². The van der Waals surface area contributed by atoms with E-state index in [0.29, 0.717) is 18.3 Å². The number of hydrogen-bond donors (Lipinski definition) is 2. The van der Waals surface area contributed by atoms with Gasteiger partial charge in [0.05, 0.1) is 0 Å². The maximum absolute atomic E-state index is 12.0. The molecule has 3 atom stereocenters. The SMILES string of the molecule is CC(C)CN1CCC(CNC(=O)C[C@@H]2CCC[C@H]2N)C1.Cl.Cl. The Kier molecular flexibility index (Phi) is 10.7. The molecule has 2 aliphatic rings. The van der Waals surface area contributed by atoms with E-state index in [-0.39, 0.29) is 36.8 Å². The van der Waals surface area contributed by atoms with Crippen LogP contribution < -0.4 is 11.1 Å². The predicted molar refractivity (Wildman–Crippen MR) is 96.8 cm³/mol. The van der Waals surface area contributed by atoms with Crippen LogP contribution in [0.1, 0.15) is 46.0 Å². The first-order valence-electron chi connectivity index (χ1n) is 8.29. The van der Waals surface area contributed by atoms with Crippen LogP contribution in [0.5, 0.6) is 0 Å². The summed E-state index contributed by atoms with van der Waals surface area (Å²) in [5.41, 5.74) is 6.02. The fraction of sp³-hybridized carbons (Fsp3) is 0.938. The Labute approximate surface area is 147 Å². The number of likely N-dealkylation sites (tertiary alicyclic amines) is 1. The number of rotatable bonds is 6. The second kappa shape index (κ2) is 10.7. The summed E-state index contributed by atoms with van der Waals surface area (Å²) in [6.45, 7) is 8.88. The third-order valence-corrected chi connectivity index (χ3v) is 4.75. The normalized spacial score (nSPS) is 28.3. The molecule has 0 aromatic carbocycles. The summed E-state index contributed by atoms with van der Waals surface area (Å²) < 4.78 is 0. The molecule has 22 heavy (non-hydrogen) atoms. The summed E-state index contributed by atoms with van der Waals surface area (Å²) in [6, 6.07) is 0.244. The Morgan fingerprint density at radius 2 is 2.00 bits per heavy atom. The third-order valence-electron chi connectivity index (χ3n) is 4.75. The van der Waals surface area contributed by atoms with Crippen molar-refractivity contribution in [2.24, 2.45) is 23.5 Å². The van der Waals surface area contributed by atoms with Gasteiger partial charge in [-0.25, -0.2) is 0 Å². The van der Waals surface area contributed by atoms with Crippen molar-refractivity contribution in [1.29, 1.82) is 0 Å². The van der Waals surface area contributed by atoms with Crippen molar-refractivity contribution in [2.45, 2.75) is 52.0 Å². The quantitative estimate of drug-likeness (QED) is 0.770. The molecular formula is C16H33Cl2N3O. The first kappa shape index (κ1) is 22.0. The van der Waals surface area contributed by atoms with E-state index in [1.165, 1.54) is 25.9 Å². The van der Waals surface area contributed by atoms with E-state index in [4.69, 9.17) is 5.73 Å². The minimum absolute atomic E-state index is 0. The zero-order valence-corrected chi connectivity index (χ0v) is 15.6. The zero-order chi connectivity index (χ0) is 14.5. The van der Waals surface area contributed by atoms with Crippen LogP contribution in [0.15, 0.2) is 0 Å². The van der Waals surface area contributed by atoms with Crippen molar-refractivity contribution in [3.63, 3.8) is 0 Å². The Morgan fingerprint density at radius 3 is 2.59 bits per heavy atom. The molecule has 2 fully saturated rings. The summed E-state index contributed by atoms with van der Waals surface area (Å²) in [4.78, 5) is 14.5. The molecule has 0 aromatic rings. The van der Waals surface area contributed by atoms with E-state index in [9.17, 15) is 4.79 Å². The van der Waals surface area contributed by atoms with Gasteiger partial charge in [-0.1, -0.05) is 20.3 Å². The van der Waals surface area contributed by atoms with Gasteiger partial charge in [0, 0.05) is 32.1 Å². The number of carbonyl (C=O) groups excluding carboxylic acids is 1. The highest BCUT2D eigenvalue weighted by molar-refractivity contribution is 5.85. The van der Waals surface area contributed by atoms with E-state index in [1.807, 2.05) is 0 Å². The minimum atomic E-state index is 0. The number of nitrogens with two attached hydrogens (primary N) is 1. The average Bonchev–Trinajstić information content (AvgIpc) is 2.97. The van der Waals surface area contributed by atoms with Crippen molar-refractivity contribution >= 4 is 30.7 Å². The molecule has 3 N–H and O–H groups in total. The number of amides is 1. The molecule has 0 bridgehead atoms. The van der Waals surface area contributed by atoms with Gasteiger partial charge < -0.3 is 16.0 Å². The maximum Gasteiger partial charge on any atom is 0.220 e. The molecule has 1 aliphatic heterocycles. The fourth-order valence-electron chi connectivity index (χ4n) is 3.65. The second-order valence-corrected chi connectivity index (χ2v) is 7.17. The zero-order valence-electron chi connectivity index (χ0n) is 13.9. The Morgan fingerprint density at radius 1 is 1.27 bits per heavy atom. The highest BCUT2D eigenvalue weighted by Crippen LogP contribution is 2.26. The lowest BCUT2D eigenvalue weighted by molar-refractivity contribution is -0.122. The molecule has 1 unspecified atom stereocenters. The predicted octanol–water partition coefficient (Wildman–Crippen LogP) is 2.44. The average molecular weight is 354 g/mol. The first-order chi connectivity index (χ1) is 9.54. The lowest BCUT2D eigenvalue weighted by atomic mass is 9.99. The van der Waals surface area contributed by atoms with Crippen LogP contribution in [0.4, 0.5) is 0 Å². The Hall–Kier alpha value is -0.0300. The molecular weight excluding hydrogens is 321 g/mol. The molecule has 1 saturated heterocycles.